The van der Waals surface area contributed by atoms with Crippen molar-refractivity contribution < 1.29 is 0 Å². The van der Waals surface area contributed by atoms with Gasteiger partial charge in [-0.05, 0) is 119 Å². The molecule has 0 radical (unpaired) electrons. The fraction of sp³-hybridized carbons (Fsp3) is 0. The molecule has 10 rings (SSSR count). The van der Waals surface area contributed by atoms with Crippen molar-refractivity contribution in [1.82, 2.24) is 14.5 Å². The van der Waals surface area contributed by atoms with Crippen LogP contribution in [0.3, 0.4) is 0 Å². The van der Waals surface area contributed by atoms with Gasteiger partial charge in [0, 0.05) is 63.0 Å². The summed E-state index contributed by atoms with van der Waals surface area (Å²) in [5, 5.41) is 2.28. The molecule has 5 aromatic carbocycles. The summed E-state index contributed by atoms with van der Waals surface area (Å²) in [6, 6.07) is 71.1. The molecule has 59 heavy (non-hydrogen) atoms. The number of thiophene rings is 2. The van der Waals surface area contributed by atoms with Crippen molar-refractivity contribution in [3.05, 3.63) is 225 Å². The monoisotopic (exact) mass is 795 g/mol. The third-order valence-corrected chi connectivity index (χ3v) is 12.6. The van der Waals surface area contributed by atoms with Crippen LogP contribution in [0.5, 0.6) is 0 Å². The first-order chi connectivity index (χ1) is 29.3. The zero-order valence-electron chi connectivity index (χ0n) is 31.9. The largest absolute Gasteiger partial charge is 0.309 e. The topological polar surface area (TPSA) is 37.2 Å². The van der Waals surface area contributed by atoms with Gasteiger partial charge in [0.05, 0.1) is 11.4 Å². The smallest absolute Gasteiger partial charge is 0.101 e. The second-order valence-corrected chi connectivity index (χ2v) is 16.1. The van der Waals surface area contributed by atoms with Gasteiger partial charge >= 0.3 is 0 Å². The Hall–Kier alpha value is -7.32. The molecule has 0 spiro atoms. The van der Waals surface area contributed by atoms with Crippen molar-refractivity contribution in [2.24, 2.45) is 0 Å². The lowest BCUT2D eigenvalue weighted by Gasteiger charge is -2.24. The summed E-state index contributed by atoms with van der Waals surface area (Å²) in [7, 11) is 0. The number of pyridine rings is 2. The van der Waals surface area contributed by atoms with Crippen LogP contribution < -0.4 is 9.80 Å². The SMILES string of the molecule is c1ccc(-c2ccc(N(c3ccncc3)c3ccc(-c4ccc(-c5ccc(N(c6ccncc6)c6ccc(-c7ccccc7)s6)cc5)n4-c4ccccc4)cc3)s2)cc1. The van der Waals surface area contributed by atoms with Crippen LogP contribution in [0.4, 0.5) is 32.8 Å². The molecular formula is C52H37N5S2. The predicted molar refractivity (Wildman–Crippen MR) is 248 cm³/mol. The van der Waals surface area contributed by atoms with Gasteiger partial charge in [0.15, 0.2) is 0 Å². The lowest BCUT2D eigenvalue weighted by molar-refractivity contribution is 1.09. The van der Waals surface area contributed by atoms with Gasteiger partial charge in [-0.2, -0.15) is 0 Å². The van der Waals surface area contributed by atoms with Crippen LogP contribution in [-0.4, -0.2) is 14.5 Å². The fourth-order valence-corrected chi connectivity index (χ4v) is 9.62. The molecule has 0 saturated heterocycles. The summed E-state index contributed by atoms with van der Waals surface area (Å²) >= 11 is 3.56. The molecule has 10 aromatic rings. The van der Waals surface area contributed by atoms with Crippen LogP contribution >= 0.6 is 22.7 Å². The van der Waals surface area contributed by atoms with Gasteiger partial charge in [0.2, 0.25) is 0 Å². The first kappa shape index (κ1) is 36.0. The molecule has 282 valence electrons. The molecule has 0 fully saturated rings. The Morgan fingerprint density at radius 2 is 0.695 bits per heavy atom. The van der Waals surface area contributed by atoms with Crippen molar-refractivity contribution >= 4 is 55.4 Å². The normalized spacial score (nSPS) is 11.1. The van der Waals surface area contributed by atoms with Crippen molar-refractivity contribution in [1.29, 1.82) is 0 Å². The third kappa shape index (κ3) is 7.37. The quantitative estimate of drug-likeness (QED) is 0.131. The van der Waals surface area contributed by atoms with E-state index in [1.165, 1.54) is 20.9 Å². The first-order valence-electron chi connectivity index (χ1n) is 19.5. The molecule has 5 aromatic heterocycles. The van der Waals surface area contributed by atoms with Crippen LogP contribution in [0.2, 0.25) is 0 Å². The number of nitrogens with zero attached hydrogens (tertiary/aromatic N) is 5. The van der Waals surface area contributed by atoms with E-state index in [9.17, 15) is 0 Å². The number of aromatic nitrogens is 3. The van der Waals surface area contributed by atoms with Gasteiger partial charge < -0.3 is 14.4 Å². The molecule has 7 heteroatoms. The Balaban J connectivity index is 1.00. The van der Waals surface area contributed by atoms with Gasteiger partial charge in [-0.25, -0.2) is 0 Å². The molecule has 0 bridgehead atoms. The predicted octanol–water partition coefficient (Wildman–Crippen LogP) is 15.0. The van der Waals surface area contributed by atoms with Gasteiger partial charge in [-0.1, -0.05) is 103 Å². The summed E-state index contributed by atoms with van der Waals surface area (Å²) in [5.41, 5.74) is 12.3. The number of para-hydroxylation sites is 1. The van der Waals surface area contributed by atoms with E-state index in [1.54, 1.807) is 22.7 Å². The Morgan fingerprint density at radius 3 is 1.10 bits per heavy atom. The maximum atomic E-state index is 4.31. The number of rotatable bonds is 11. The minimum Gasteiger partial charge on any atom is -0.309 e. The lowest BCUT2D eigenvalue weighted by Crippen LogP contribution is -2.08. The van der Waals surface area contributed by atoms with E-state index >= 15 is 0 Å². The molecule has 5 nitrogen and oxygen atoms in total. The van der Waals surface area contributed by atoms with Crippen molar-refractivity contribution in [2.45, 2.75) is 0 Å². The molecule has 0 amide bonds. The summed E-state index contributed by atoms with van der Waals surface area (Å²) in [6.07, 6.45) is 7.40. The second kappa shape index (κ2) is 16.3. The Bertz CT molecular complexity index is 2720. The summed E-state index contributed by atoms with van der Waals surface area (Å²) in [6.45, 7) is 0. The average molecular weight is 796 g/mol. The van der Waals surface area contributed by atoms with Crippen molar-refractivity contribution in [3.63, 3.8) is 0 Å². The summed E-state index contributed by atoms with van der Waals surface area (Å²) < 4.78 is 2.36. The van der Waals surface area contributed by atoms with E-state index in [0.717, 1.165) is 61.0 Å². The highest BCUT2D eigenvalue weighted by Crippen LogP contribution is 2.44. The van der Waals surface area contributed by atoms with E-state index in [0.29, 0.717) is 0 Å². The Kier molecular flexibility index (Phi) is 9.94. The standard InChI is InChI=1S/C52H37N5S2/c1-4-10-40(11-5-1)49-26-28-51(58-49)55(45-30-34-53-35-31-45)43-20-16-38(17-21-43)47-24-25-48(57(47)42-14-8-3-9-15-42)39-18-22-44(23-19-39)56(46-32-36-54-37-33-46)52-29-27-50(59-52)41-12-6-2-7-13-41/h1-37H. The second-order valence-electron chi connectivity index (χ2n) is 14.0. The van der Waals surface area contributed by atoms with Gasteiger partial charge in [-0.3, -0.25) is 9.97 Å². The first-order valence-corrected chi connectivity index (χ1v) is 21.1. The fourth-order valence-electron chi connectivity index (χ4n) is 7.51. The molecule has 0 aliphatic rings. The van der Waals surface area contributed by atoms with Gasteiger partial charge in [-0.15, -0.1) is 22.7 Å². The average Bonchev–Trinajstić information content (AvgIpc) is 4.11. The Morgan fingerprint density at radius 1 is 0.322 bits per heavy atom. The van der Waals surface area contributed by atoms with Crippen molar-refractivity contribution in [3.8, 4) is 49.1 Å². The lowest BCUT2D eigenvalue weighted by atomic mass is 10.1. The van der Waals surface area contributed by atoms with E-state index in [2.05, 4.69) is 225 Å². The Labute approximate surface area is 352 Å². The highest BCUT2D eigenvalue weighted by atomic mass is 32.1. The molecule has 0 unspecified atom stereocenters. The molecule has 5 heterocycles. The van der Waals surface area contributed by atoms with Crippen molar-refractivity contribution in [2.75, 3.05) is 9.80 Å². The molecule has 0 saturated carbocycles. The van der Waals surface area contributed by atoms with E-state index in [4.69, 9.17) is 0 Å². The van der Waals surface area contributed by atoms with E-state index in [-0.39, 0.29) is 0 Å². The number of anilines is 6. The minimum atomic E-state index is 1.06. The number of hydrogen-bond donors (Lipinski definition) is 0. The zero-order valence-corrected chi connectivity index (χ0v) is 33.5. The third-order valence-electron chi connectivity index (χ3n) is 10.3. The molecular weight excluding hydrogens is 759 g/mol. The summed E-state index contributed by atoms with van der Waals surface area (Å²) in [5.74, 6) is 0. The van der Waals surface area contributed by atoms with Gasteiger partial charge in [0.1, 0.15) is 10.0 Å². The van der Waals surface area contributed by atoms with Crippen LogP contribution in [0.15, 0.2) is 225 Å². The van der Waals surface area contributed by atoms with Crippen LogP contribution in [0.1, 0.15) is 0 Å². The highest BCUT2D eigenvalue weighted by Gasteiger charge is 2.20. The zero-order chi connectivity index (χ0) is 39.4. The van der Waals surface area contributed by atoms with E-state index < -0.39 is 0 Å². The number of hydrogen-bond acceptors (Lipinski definition) is 6. The molecule has 0 atom stereocenters. The highest BCUT2D eigenvalue weighted by molar-refractivity contribution is 7.19. The van der Waals surface area contributed by atoms with Gasteiger partial charge in [0.25, 0.3) is 0 Å². The molecule has 0 aliphatic heterocycles. The van der Waals surface area contributed by atoms with Crippen LogP contribution in [-0.2, 0) is 0 Å². The van der Waals surface area contributed by atoms with E-state index in [1.807, 2.05) is 24.8 Å². The molecule has 0 aliphatic carbocycles. The van der Waals surface area contributed by atoms with Crippen LogP contribution in [0.25, 0.3) is 49.1 Å². The maximum Gasteiger partial charge on any atom is 0.101 e. The number of benzene rings is 5. The molecule has 0 N–H and O–H groups in total. The summed E-state index contributed by atoms with van der Waals surface area (Å²) in [4.78, 5) is 15.7. The minimum absolute atomic E-state index is 1.06. The maximum absolute atomic E-state index is 4.31. The van der Waals surface area contributed by atoms with Crippen LogP contribution in [0, 0.1) is 0 Å².